The summed E-state index contributed by atoms with van der Waals surface area (Å²) in [5.41, 5.74) is 0.817. The molecule has 2 heterocycles. The largest absolute Gasteiger partial charge is 0.462 e. The Morgan fingerprint density at radius 3 is 2.41 bits per heavy atom. The monoisotopic (exact) mass is 465 g/mol. The molecule has 1 N–H and O–H groups in total. The second-order valence-electron chi connectivity index (χ2n) is 7.48. The Morgan fingerprint density at radius 2 is 1.91 bits per heavy atom. The first-order valence-electron chi connectivity index (χ1n) is 9.95. The third-order valence-corrected chi connectivity index (χ3v) is 6.04. The number of nitro groups is 1. The number of rotatable bonds is 8. The van der Waals surface area contributed by atoms with E-state index < -0.39 is 22.8 Å². The minimum Gasteiger partial charge on any atom is -0.462 e. The van der Waals surface area contributed by atoms with Crippen molar-refractivity contribution in [3.63, 3.8) is 0 Å². The molecule has 32 heavy (non-hydrogen) atoms. The molecule has 0 saturated heterocycles. The van der Waals surface area contributed by atoms with Crippen LogP contribution in [0.2, 0.25) is 0 Å². The molecule has 0 radical (unpaired) electrons. The van der Waals surface area contributed by atoms with Crippen LogP contribution in [0.1, 0.15) is 63.3 Å². The van der Waals surface area contributed by atoms with Gasteiger partial charge in [0.15, 0.2) is 0 Å². The van der Waals surface area contributed by atoms with Gasteiger partial charge in [0.2, 0.25) is 5.91 Å². The van der Waals surface area contributed by atoms with Gasteiger partial charge in [0, 0.05) is 14.1 Å². The van der Waals surface area contributed by atoms with Gasteiger partial charge in [-0.3, -0.25) is 24.4 Å². The molecule has 0 aliphatic carbocycles. The predicted octanol–water partition coefficient (Wildman–Crippen LogP) is 3.25. The molecule has 0 spiro atoms. The number of ether oxygens (including phenoxy) is 1. The third-order valence-electron chi connectivity index (χ3n) is 4.84. The number of aromatic nitrogens is 2. The van der Waals surface area contributed by atoms with Gasteiger partial charge in [0.1, 0.15) is 22.4 Å². The lowest BCUT2D eigenvalue weighted by Gasteiger charge is -2.14. The number of carbonyl (C=O) groups excluding carboxylic acids is 3. The summed E-state index contributed by atoms with van der Waals surface area (Å²) in [5, 5.41) is 18.3. The molecular weight excluding hydrogens is 438 g/mol. The van der Waals surface area contributed by atoms with Crippen molar-refractivity contribution in [3.8, 4) is 0 Å². The van der Waals surface area contributed by atoms with Crippen molar-refractivity contribution >= 4 is 39.8 Å². The van der Waals surface area contributed by atoms with E-state index in [4.69, 9.17) is 4.74 Å². The lowest BCUT2D eigenvalue weighted by atomic mass is 10.1. The zero-order chi connectivity index (χ0) is 24.3. The summed E-state index contributed by atoms with van der Waals surface area (Å²) >= 11 is 0.981. The summed E-state index contributed by atoms with van der Waals surface area (Å²) in [6.07, 6.45) is 0.619. The maximum absolute atomic E-state index is 13.0. The lowest BCUT2D eigenvalue weighted by Crippen LogP contribution is -2.26. The average molecular weight is 466 g/mol. The van der Waals surface area contributed by atoms with Crippen LogP contribution < -0.4 is 5.32 Å². The number of nitrogens with one attached hydrogen (secondary N) is 1. The molecule has 0 saturated carbocycles. The fourth-order valence-electron chi connectivity index (χ4n) is 3.14. The van der Waals surface area contributed by atoms with Crippen LogP contribution in [0.4, 0.5) is 10.7 Å². The summed E-state index contributed by atoms with van der Waals surface area (Å²) in [6, 6.07) is -0.905. The van der Waals surface area contributed by atoms with Crippen molar-refractivity contribution in [2.24, 2.45) is 0 Å². The van der Waals surface area contributed by atoms with E-state index in [1.54, 1.807) is 27.9 Å². The Balaban J connectivity index is 2.44. The lowest BCUT2D eigenvalue weighted by molar-refractivity contribution is -0.386. The molecule has 11 nitrogen and oxygen atoms in total. The summed E-state index contributed by atoms with van der Waals surface area (Å²) < 4.78 is 6.51. The zero-order valence-electron chi connectivity index (χ0n) is 19.1. The van der Waals surface area contributed by atoms with E-state index in [2.05, 4.69) is 10.4 Å². The maximum Gasteiger partial charge on any atom is 0.341 e. The Kier molecular flexibility index (Phi) is 7.73. The van der Waals surface area contributed by atoms with Gasteiger partial charge in [-0.25, -0.2) is 4.79 Å². The predicted molar refractivity (Wildman–Crippen MR) is 119 cm³/mol. The highest BCUT2D eigenvalue weighted by Crippen LogP contribution is 2.35. The number of nitrogens with zero attached hydrogens (tertiary/aromatic N) is 4. The number of esters is 1. The van der Waals surface area contributed by atoms with Crippen molar-refractivity contribution in [2.45, 2.75) is 47.1 Å². The number of anilines is 1. The molecule has 1 atom stereocenters. The van der Waals surface area contributed by atoms with Crippen molar-refractivity contribution in [2.75, 3.05) is 26.0 Å². The topological polar surface area (TPSA) is 137 Å². The second kappa shape index (κ2) is 9.90. The molecule has 2 aromatic heterocycles. The number of hydrogen-bond acceptors (Lipinski definition) is 8. The van der Waals surface area contributed by atoms with Gasteiger partial charge in [0.05, 0.1) is 22.0 Å². The van der Waals surface area contributed by atoms with E-state index in [0.717, 1.165) is 11.3 Å². The Morgan fingerprint density at radius 1 is 1.28 bits per heavy atom. The van der Waals surface area contributed by atoms with Gasteiger partial charge in [-0.1, -0.05) is 6.92 Å². The Labute approximate surface area is 189 Å². The molecule has 1 unspecified atom stereocenters. The first-order valence-corrected chi connectivity index (χ1v) is 10.8. The van der Waals surface area contributed by atoms with Crippen molar-refractivity contribution in [1.29, 1.82) is 0 Å². The van der Waals surface area contributed by atoms with Gasteiger partial charge in [-0.2, -0.15) is 5.10 Å². The molecule has 0 aliphatic rings. The van der Waals surface area contributed by atoms with E-state index in [1.807, 2.05) is 6.92 Å². The highest BCUT2D eigenvalue weighted by atomic mass is 32.1. The van der Waals surface area contributed by atoms with Crippen molar-refractivity contribution in [3.05, 3.63) is 37.5 Å². The van der Waals surface area contributed by atoms with E-state index in [1.165, 1.54) is 23.4 Å². The highest BCUT2D eigenvalue weighted by Gasteiger charge is 2.31. The van der Waals surface area contributed by atoms with Gasteiger partial charge < -0.3 is 15.0 Å². The molecule has 12 heteroatoms. The van der Waals surface area contributed by atoms with Crippen LogP contribution in [0.5, 0.6) is 0 Å². The third kappa shape index (κ3) is 4.79. The first kappa shape index (κ1) is 25.0. The average Bonchev–Trinajstić information content (AvgIpc) is 3.20. The van der Waals surface area contributed by atoms with Gasteiger partial charge in [-0.15, -0.1) is 11.3 Å². The molecular formula is C20H27N5O6S. The molecule has 2 aromatic rings. The van der Waals surface area contributed by atoms with Crippen LogP contribution in [0.15, 0.2) is 0 Å². The van der Waals surface area contributed by atoms with Crippen molar-refractivity contribution < 1.29 is 24.0 Å². The standard InChI is InChI=1S/C20H27N5O6S/c1-8-9-31-20(28)14-10(2)16(19(27)23(6)7)32-18(14)21-17(26)13(5)24-12(4)15(25(29)30)11(3)22-24/h13H,8-9H2,1-7H3,(H,21,26). The van der Waals surface area contributed by atoms with Crippen LogP contribution in [0, 0.1) is 30.9 Å². The smallest absolute Gasteiger partial charge is 0.341 e. The number of amides is 2. The summed E-state index contributed by atoms with van der Waals surface area (Å²) in [4.78, 5) is 50.6. The molecule has 0 aromatic carbocycles. The van der Waals surface area contributed by atoms with E-state index in [0.29, 0.717) is 16.9 Å². The van der Waals surface area contributed by atoms with Gasteiger partial charge in [0.25, 0.3) is 5.91 Å². The van der Waals surface area contributed by atoms with Crippen LogP contribution in [-0.4, -0.2) is 58.1 Å². The van der Waals surface area contributed by atoms with Crippen LogP contribution >= 0.6 is 11.3 Å². The molecule has 174 valence electrons. The van der Waals surface area contributed by atoms with Gasteiger partial charge >= 0.3 is 11.7 Å². The van der Waals surface area contributed by atoms with Crippen LogP contribution in [-0.2, 0) is 9.53 Å². The summed E-state index contributed by atoms with van der Waals surface area (Å²) in [7, 11) is 3.18. The van der Waals surface area contributed by atoms with Crippen LogP contribution in [0.3, 0.4) is 0 Å². The van der Waals surface area contributed by atoms with E-state index >= 15 is 0 Å². The SMILES string of the molecule is CCCOC(=O)c1c(NC(=O)C(C)n2nc(C)c([N+](=O)[O-])c2C)sc(C(=O)N(C)C)c1C. The fourth-order valence-corrected chi connectivity index (χ4v) is 4.36. The second-order valence-corrected chi connectivity index (χ2v) is 8.50. The van der Waals surface area contributed by atoms with E-state index in [-0.39, 0.29) is 40.2 Å². The number of carbonyl (C=O) groups is 3. The summed E-state index contributed by atoms with van der Waals surface area (Å²) in [6.45, 7) is 8.23. The minimum atomic E-state index is -0.905. The Bertz CT molecular complexity index is 1070. The summed E-state index contributed by atoms with van der Waals surface area (Å²) in [5.74, 6) is -1.48. The maximum atomic E-state index is 13.0. The highest BCUT2D eigenvalue weighted by molar-refractivity contribution is 7.18. The Hall–Kier alpha value is -3.28. The quantitative estimate of drug-likeness (QED) is 0.359. The number of aryl methyl sites for hydroxylation is 1. The zero-order valence-corrected chi connectivity index (χ0v) is 20.0. The molecule has 0 bridgehead atoms. The molecule has 2 amide bonds. The van der Waals surface area contributed by atoms with Crippen LogP contribution in [0.25, 0.3) is 0 Å². The fraction of sp³-hybridized carbons (Fsp3) is 0.500. The van der Waals surface area contributed by atoms with Crippen molar-refractivity contribution in [1.82, 2.24) is 14.7 Å². The first-order chi connectivity index (χ1) is 14.9. The molecule has 0 fully saturated rings. The molecule has 0 aliphatic heterocycles. The molecule has 2 rings (SSSR count). The number of hydrogen-bond donors (Lipinski definition) is 1. The minimum absolute atomic E-state index is 0.119. The van der Waals surface area contributed by atoms with Gasteiger partial charge in [-0.05, 0) is 39.7 Å². The number of thiophene rings is 1. The van der Waals surface area contributed by atoms with E-state index in [9.17, 15) is 24.5 Å². The normalized spacial score (nSPS) is 11.7.